The number of anilines is 1. The first-order valence-corrected chi connectivity index (χ1v) is 10.2. The van der Waals surface area contributed by atoms with Crippen molar-refractivity contribution < 1.29 is 19.1 Å². The lowest BCUT2D eigenvalue weighted by Gasteiger charge is -2.06. The van der Waals surface area contributed by atoms with Gasteiger partial charge in [0, 0.05) is 5.69 Å². The van der Waals surface area contributed by atoms with Gasteiger partial charge >= 0.3 is 5.97 Å². The summed E-state index contributed by atoms with van der Waals surface area (Å²) in [6, 6.07) is 20.0. The molecule has 4 aromatic rings. The molecule has 0 unspecified atom stereocenters. The van der Waals surface area contributed by atoms with E-state index in [1.165, 1.54) is 11.3 Å². The largest absolute Gasteiger partial charge is 0.497 e. The monoisotopic (exact) mass is 434 g/mol. The number of esters is 1. The lowest BCUT2D eigenvalue weighted by atomic mass is 10.3. The first-order valence-electron chi connectivity index (χ1n) is 9.31. The molecule has 0 aliphatic rings. The number of thiophene rings is 1. The Bertz CT molecular complexity index is 1170. The number of rotatable bonds is 7. The van der Waals surface area contributed by atoms with Crippen LogP contribution in [-0.4, -0.2) is 40.4 Å². The van der Waals surface area contributed by atoms with Gasteiger partial charge in [-0.2, -0.15) is 4.98 Å². The number of aromatic nitrogens is 3. The molecule has 0 aliphatic heterocycles. The fourth-order valence-corrected chi connectivity index (χ4v) is 3.48. The van der Waals surface area contributed by atoms with Crippen molar-refractivity contribution in [2.45, 2.75) is 0 Å². The van der Waals surface area contributed by atoms with Crippen LogP contribution in [0.4, 0.5) is 5.69 Å². The Hall–Kier alpha value is -3.98. The highest BCUT2D eigenvalue weighted by Crippen LogP contribution is 2.25. The van der Waals surface area contributed by atoms with Crippen molar-refractivity contribution >= 4 is 28.9 Å². The van der Waals surface area contributed by atoms with E-state index < -0.39 is 18.5 Å². The molecule has 8 nitrogen and oxygen atoms in total. The number of hydrogen-bond donors (Lipinski definition) is 1. The summed E-state index contributed by atoms with van der Waals surface area (Å²) in [5.74, 6) is -0.178. The Morgan fingerprint density at radius 2 is 1.81 bits per heavy atom. The van der Waals surface area contributed by atoms with Crippen molar-refractivity contribution in [3.8, 4) is 22.1 Å². The van der Waals surface area contributed by atoms with Crippen LogP contribution in [0.3, 0.4) is 0 Å². The van der Waals surface area contributed by atoms with Gasteiger partial charge in [0.1, 0.15) is 5.75 Å². The second-order valence-electron chi connectivity index (χ2n) is 6.34. The minimum absolute atomic E-state index is 0.121. The summed E-state index contributed by atoms with van der Waals surface area (Å²) in [5.41, 5.74) is 1.32. The first-order chi connectivity index (χ1) is 15.1. The fourth-order valence-electron chi connectivity index (χ4n) is 2.78. The molecule has 2 aromatic carbocycles. The summed E-state index contributed by atoms with van der Waals surface area (Å²) in [4.78, 5) is 29.8. The van der Waals surface area contributed by atoms with Crippen LogP contribution in [0.2, 0.25) is 0 Å². The fraction of sp³-hybridized carbons (Fsp3) is 0.0909. The predicted molar refractivity (Wildman–Crippen MR) is 117 cm³/mol. The summed E-state index contributed by atoms with van der Waals surface area (Å²) >= 11 is 1.48. The maximum atomic E-state index is 12.5. The molecule has 1 amide bonds. The number of methoxy groups -OCH3 is 1. The lowest BCUT2D eigenvalue weighted by Crippen LogP contribution is -2.21. The van der Waals surface area contributed by atoms with Crippen molar-refractivity contribution in [2.75, 3.05) is 19.0 Å². The normalized spacial score (nSPS) is 10.5. The highest BCUT2D eigenvalue weighted by atomic mass is 32.1. The summed E-state index contributed by atoms with van der Waals surface area (Å²) in [6.07, 6.45) is 0. The molecule has 1 N–H and O–H groups in total. The van der Waals surface area contributed by atoms with E-state index in [1.54, 1.807) is 36.1 Å². The van der Waals surface area contributed by atoms with Crippen molar-refractivity contribution in [3.63, 3.8) is 0 Å². The van der Waals surface area contributed by atoms with Gasteiger partial charge in [-0.3, -0.25) is 4.79 Å². The van der Waals surface area contributed by atoms with Gasteiger partial charge in [-0.1, -0.05) is 24.3 Å². The Kier molecular flexibility index (Phi) is 6.04. The number of amides is 1. The molecule has 0 atom stereocenters. The van der Waals surface area contributed by atoms with E-state index in [1.807, 2.05) is 47.8 Å². The molecule has 0 saturated carbocycles. The molecule has 0 fully saturated rings. The number of benzene rings is 2. The molecular formula is C22H18N4O4S. The van der Waals surface area contributed by atoms with Gasteiger partial charge in [-0.05, 0) is 47.8 Å². The minimum Gasteiger partial charge on any atom is -0.497 e. The second kappa shape index (κ2) is 9.23. The van der Waals surface area contributed by atoms with Crippen LogP contribution in [0, 0.1) is 0 Å². The van der Waals surface area contributed by atoms with E-state index in [0.29, 0.717) is 17.3 Å². The number of nitrogens with one attached hydrogen (secondary N) is 1. The van der Waals surface area contributed by atoms with Crippen LogP contribution in [0.5, 0.6) is 5.75 Å². The van der Waals surface area contributed by atoms with Gasteiger partial charge in [0.2, 0.25) is 0 Å². The molecular weight excluding hydrogens is 416 g/mol. The molecule has 31 heavy (non-hydrogen) atoms. The van der Waals surface area contributed by atoms with Crippen LogP contribution in [0.25, 0.3) is 16.4 Å². The third kappa shape index (κ3) is 4.78. The van der Waals surface area contributed by atoms with Gasteiger partial charge < -0.3 is 14.8 Å². The first kappa shape index (κ1) is 20.3. The molecule has 156 valence electrons. The summed E-state index contributed by atoms with van der Waals surface area (Å²) in [7, 11) is 1.56. The maximum absolute atomic E-state index is 12.5. The van der Waals surface area contributed by atoms with Gasteiger partial charge in [-0.15, -0.1) is 16.4 Å². The highest BCUT2D eigenvalue weighted by molar-refractivity contribution is 7.13. The smallest absolute Gasteiger partial charge is 0.378 e. The molecule has 0 radical (unpaired) electrons. The van der Waals surface area contributed by atoms with Crippen LogP contribution in [0.15, 0.2) is 72.1 Å². The zero-order valence-electron chi connectivity index (χ0n) is 16.5. The molecule has 9 heteroatoms. The van der Waals surface area contributed by atoms with Crippen molar-refractivity contribution in [3.05, 3.63) is 77.9 Å². The van der Waals surface area contributed by atoms with Gasteiger partial charge in [0.25, 0.3) is 11.7 Å². The SMILES string of the molecule is COc1ccc(NC(=O)COC(=O)c2nc(-c3cccs3)n(-c3ccccc3)n2)cc1. The topological polar surface area (TPSA) is 95.3 Å². The highest BCUT2D eigenvalue weighted by Gasteiger charge is 2.21. The number of hydrogen-bond acceptors (Lipinski definition) is 7. The van der Waals surface area contributed by atoms with Crippen molar-refractivity contribution in [2.24, 2.45) is 0 Å². The third-order valence-corrected chi connectivity index (χ3v) is 5.11. The zero-order chi connectivity index (χ0) is 21.6. The summed E-state index contributed by atoms with van der Waals surface area (Å²) in [5, 5.41) is 8.88. The molecule has 0 bridgehead atoms. The van der Waals surface area contributed by atoms with Gasteiger partial charge in [0.15, 0.2) is 12.4 Å². The van der Waals surface area contributed by atoms with Crippen LogP contribution >= 0.6 is 11.3 Å². The molecule has 2 aromatic heterocycles. The maximum Gasteiger partial charge on any atom is 0.378 e. The average Bonchev–Trinajstić information content (AvgIpc) is 3.48. The quantitative estimate of drug-likeness (QED) is 0.445. The van der Waals surface area contributed by atoms with Gasteiger partial charge in [0.05, 0.1) is 17.7 Å². The van der Waals surface area contributed by atoms with E-state index in [-0.39, 0.29) is 5.82 Å². The van der Waals surface area contributed by atoms with Crippen LogP contribution in [-0.2, 0) is 9.53 Å². The standard InChI is InChI=1S/C22H18N4O4S/c1-29-17-11-9-15(10-12-17)23-19(27)14-30-22(28)20-24-21(18-8-5-13-31-18)26(25-20)16-6-3-2-4-7-16/h2-13H,14H2,1H3,(H,23,27). The Labute approximate surface area is 182 Å². The molecule has 0 spiro atoms. The number of carbonyl (C=O) groups is 2. The molecule has 2 heterocycles. The number of carbonyl (C=O) groups excluding carboxylic acids is 2. The minimum atomic E-state index is -0.780. The number of ether oxygens (including phenoxy) is 2. The Balaban J connectivity index is 1.46. The predicted octanol–water partition coefficient (Wildman–Crippen LogP) is 3.80. The molecule has 0 aliphatic carbocycles. The van der Waals surface area contributed by atoms with Crippen LogP contribution < -0.4 is 10.1 Å². The Morgan fingerprint density at radius 1 is 1.03 bits per heavy atom. The summed E-state index contributed by atoms with van der Waals surface area (Å²) in [6.45, 7) is -0.459. The van der Waals surface area contributed by atoms with E-state index in [2.05, 4.69) is 15.4 Å². The van der Waals surface area contributed by atoms with Crippen molar-refractivity contribution in [1.29, 1.82) is 0 Å². The van der Waals surface area contributed by atoms with Gasteiger partial charge in [-0.25, -0.2) is 9.48 Å². The van der Waals surface area contributed by atoms with E-state index in [0.717, 1.165) is 10.6 Å². The third-order valence-electron chi connectivity index (χ3n) is 4.24. The second-order valence-corrected chi connectivity index (χ2v) is 7.28. The summed E-state index contributed by atoms with van der Waals surface area (Å²) < 4.78 is 11.8. The number of para-hydroxylation sites is 1. The number of nitrogens with zero attached hydrogens (tertiary/aromatic N) is 3. The van der Waals surface area contributed by atoms with E-state index in [4.69, 9.17) is 9.47 Å². The average molecular weight is 434 g/mol. The van der Waals surface area contributed by atoms with E-state index >= 15 is 0 Å². The van der Waals surface area contributed by atoms with Crippen LogP contribution in [0.1, 0.15) is 10.6 Å². The Morgan fingerprint density at radius 3 is 2.48 bits per heavy atom. The van der Waals surface area contributed by atoms with Crippen molar-refractivity contribution in [1.82, 2.24) is 14.8 Å². The van der Waals surface area contributed by atoms with E-state index in [9.17, 15) is 9.59 Å². The zero-order valence-corrected chi connectivity index (χ0v) is 17.3. The molecule has 4 rings (SSSR count). The lowest BCUT2D eigenvalue weighted by molar-refractivity contribution is -0.119. The molecule has 0 saturated heterocycles.